The molecule has 1 saturated heterocycles. The van der Waals surface area contributed by atoms with Crippen LogP contribution in [0.5, 0.6) is 0 Å². The predicted octanol–water partition coefficient (Wildman–Crippen LogP) is 2.52. The third kappa shape index (κ3) is 6.12. The maximum Gasteiger partial charge on any atom is 0.416 e. The van der Waals surface area contributed by atoms with Crippen molar-refractivity contribution < 1.29 is 22.7 Å². The van der Waals surface area contributed by atoms with Gasteiger partial charge in [-0.2, -0.15) is 13.2 Å². The first-order valence-electron chi connectivity index (χ1n) is 9.24. The van der Waals surface area contributed by atoms with Crippen LogP contribution < -0.4 is 5.32 Å². The molecule has 1 aromatic rings. The van der Waals surface area contributed by atoms with Crippen molar-refractivity contribution in [3.8, 4) is 0 Å². The average molecular weight is 400 g/mol. The zero-order valence-electron chi connectivity index (χ0n) is 16.4. The second-order valence-electron chi connectivity index (χ2n) is 6.70. The van der Waals surface area contributed by atoms with Gasteiger partial charge in [0.2, 0.25) is 5.91 Å². The van der Waals surface area contributed by atoms with Crippen molar-refractivity contribution in [2.75, 3.05) is 46.9 Å². The number of carbonyl (C=O) groups is 1. The molecule has 1 unspecified atom stereocenters. The van der Waals surface area contributed by atoms with Crippen molar-refractivity contribution in [1.82, 2.24) is 15.1 Å². The number of morpholine rings is 1. The molecule has 0 radical (unpaired) electrons. The highest BCUT2D eigenvalue weighted by atomic mass is 19.4. The second kappa shape index (κ2) is 9.77. The lowest BCUT2D eigenvalue weighted by atomic mass is 10.0. The fourth-order valence-electron chi connectivity index (χ4n) is 2.87. The van der Waals surface area contributed by atoms with Crippen molar-refractivity contribution >= 4 is 11.9 Å². The van der Waals surface area contributed by atoms with Gasteiger partial charge in [0.15, 0.2) is 5.96 Å². The summed E-state index contributed by atoms with van der Waals surface area (Å²) >= 11 is 0. The van der Waals surface area contributed by atoms with Gasteiger partial charge in [-0.3, -0.25) is 9.79 Å². The molecule has 156 valence electrons. The number of hydrogen-bond acceptors (Lipinski definition) is 3. The van der Waals surface area contributed by atoms with E-state index in [0.29, 0.717) is 50.7 Å². The number of benzene rings is 1. The Balaban J connectivity index is 2.10. The van der Waals surface area contributed by atoms with Gasteiger partial charge in [-0.15, -0.1) is 0 Å². The first-order valence-corrected chi connectivity index (χ1v) is 9.24. The van der Waals surface area contributed by atoms with Crippen molar-refractivity contribution in [2.24, 2.45) is 4.99 Å². The summed E-state index contributed by atoms with van der Waals surface area (Å²) in [4.78, 5) is 19.7. The fraction of sp³-hybridized carbons (Fsp3) is 0.579. The Morgan fingerprint density at radius 2 is 2.14 bits per heavy atom. The monoisotopic (exact) mass is 400 g/mol. The van der Waals surface area contributed by atoms with E-state index in [9.17, 15) is 18.0 Å². The van der Waals surface area contributed by atoms with Gasteiger partial charge in [-0.1, -0.05) is 12.1 Å². The SMILES string of the molecule is CCNC(=NCCC(=O)N(C)C)N1CCOC(c2cccc(C(F)(F)F)c2)C1. The van der Waals surface area contributed by atoms with Crippen molar-refractivity contribution in [3.05, 3.63) is 35.4 Å². The van der Waals surface area contributed by atoms with Crippen LogP contribution in [0.1, 0.15) is 30.6 Å². The Kier molecular flexibility index (Phi) is 7.68. The largest absolute Gasteiger partial charge is 0.416 e. The summed E-state index contributed by atoms with van der Waals surface area (Å²) in [5.41, 5.74) is -0.202. The summed E-state index contributed by atoms with van der Waals surface area (Å²) in [7, 11) is 3.39. The Morgan fingerprint density at radius 3 is 2.79 bits per heavy atom. The van der Waals surface area contributed by atoms with Crippen LogP contribution in [0, 0.1) is 0 Å². The number of nitrogens with one attached hydrogen (secondary N) is 1. The lowest BCUT2D eigenvalue weighted by Gasteiger charge is -2.35. The van der Waals surface area contributed by atoms with Crippen LogP contribution in [0.15, 0.2) is 29.3 Å². The topological polar surface area (TPSA) is 57.2 Å². The number of nitrogens with zero attached hydrogens (tertiary/aromatic N) is 3. The lowest BCUT2D eigenvalue weighted by Crippen LogP contribution is -2.48. The normalized spacial score (nSPS) is 18.1. The van der Waals surface area contributed by atoms with Crippen LogP contribution in [-0.2, 0) is 15.7 Å². The van der Waals surface area contributed by atoms with Crippen LogP contribution in [-0.4, -0.2) is 68.5 Å². The third-order valence-corrected chi connectivity index (χ3v) is 4.37. The molecular weight excluding hydrogens is 373 g/mol. The maximum atomic E-state index is 13.0. The Hall–Kier alpha value is -2.29. The van der Waals surface area contributed by atoms with E-state index < -0.39 is 17.8 Å². The van der Waals surface area contributed by atoms with Gasteiger partial charge in [0.1, 0.15) is 6.10 Å². The van der Waals surface area contributed by atoms with E-state index in [4.69, 9.17) is 4.74 Å². The Morgan fingerprint density at radius 1 is 1.39 bits per heavy atom. The van der Waals surface area contributed by atoms with Gasteiger partial charge >= 0.3 is 6.18 Å². The summed E-state index contributed by atoms with van der Waals surface area (Å²) in [5.74, 6) is 0.623. The summed E-state index contributed by atoms with van der Waals surface area (Å²) in [5, 5.41) is 3.18. The molecule has 9 heteroatoms. The molecule has 1 aliphatic heterocycles. The Bertz CT molecular complexity index is 692. The van der Waals surface area contributed by atoms with E-state index in [0.717, 1.165) is 12.1 Å². The van der Waals surface area contributed by atoms with Crippen LogP contribution in [0.2, 0.25) is 0 Å². The van der Waals surface area contributed by atoms with Crippen LogP contribution >= 0.6 is 0 Å². The summed E-state index contributed by atoms with van der Waals surface area (Å²) < 4.78 is 44.7. The summed E-state index contributed by atoms with van der Waals surface area (Å²) in [6.45, 7) is 4.25. The van der Waals surface area contributed by atoms with E-state index in [-0.39, 0.29) is 5.91 Å². The summed E-state index contributed by atoms with van der Waals surface area (Å²) in [6.07, 6.45) is -4.58. The minimum Gasteiger partial charge on any atom is -0.370 e. The number of amides is 1. The lowest BCUT2D eigenvalue weighted by molar-refractivity contribution is -0.137. The number of carbonyl (C=O) groups excluding carboxylic acids is 1. The van der Waals surface area contributed by atoms with E-state index >= 15 is 0 Å². The predicted molar refractivity (Wildman–Crippen MR) is 101 cm³/mol. The summed E-state index contributed by atoms with van der Waals surface area (Å²) in [6, 6.07) is 5.22. The molecular formula is C19H27F3N4O2. The molecule has 0 aliphatic carbocycles. The molecule has 1 N–H and O–H groups in total. The molecule has 28 heavy (non-hydrogen) atoms. The third-order valence-electron chi connectivity index (χ3n) is 4.37. The van der Waals surface area contributed by atoms with E-state index in [1.165, 1.54) is 11.0 Å². The molecule has 1 aromatic carbocycles. The first kappa shape index (κ1) is 22.0. The van der Waals surface area contributed by atoms with Gasteiger partial charge in [-0.05, 0) is 24.6 Å². The number of alkyl halides is 3. The number of guanidine groups is 1. The number of ether oxygens (including phenoxy) is 1. The van der Waals surface area contributed by atoms with Gasteiger partial charge in [0, 0.05) is 33.6 Å². The molecule has 6 nitrogen and oxygen atoms in total. The molecule has 1 amide bonds. The van der Waals surface area contributed by atoms with Crippen LogP contribution in [0.25, 0.3) is 0 Å². The molecule has 1 fully saturated rings. The van der Waals surface area contributed by atoms with Gasteiger partial charge < -0.3 is 19.9 Å². The van der Waals surface area contributed by atoms with E-state index in [1.54, 1.807) is 20.2 Å². The maximum absolute atomic E-state index is 13.0. The standard InChI is InChI=1S/C19H27F3N4O2/c1-4-23-18(24-9-8-17(27)25(2)3)26-10-11-28-16(13-26)14-6-5-7-15(12-14)19(20,21)22/h5-7,12,16H,4,8-11,13H2,1-3H3,(H,23,24). The minimum atomic E-state index is -4.39. The fourth-order valence-corrected chi connectivity index (χ4v) is 2.87. The highest BCUT2D eigenvalue weighted by Crippen LogP contribution is 2.32. The average Bonchev–Trinajstić information content (AvgIpc) is 2.66. The van der Waals surface area contributed by atoms with Gasteiger partial charge in [0.25, 0.3) is 0 Å². The number of hydrogen-bond donors (Lipinski definition) is 1. The van der Waals surface area contributed by atoms with Gasteiger partial charge in [-0.25, -0.2) is 0 Å². The molecule has 0 aromatic heterocycles. The highest BCUT2D eigenvalue weighted by Gasteiger charge is 2.32. The molecule has 1 aliphatic rings. The number of aliphatic imine (C=N–C) groups is 1. The molecule has 2 rings (SSSR count). The van der Waals surface area contributed by atoms with Crippen LogP contribution in [0.4, 0.5) is 13.2 Å². The number of rotatable bonds is 5. The molecule has 1 heterocycles. The second-order valence-corrected chi connectivity index (χ2v) is 6.70. The number of halogens is 3. The minimum absolute atomic E-state index is 0.0107. The molecule has 0 spiro atoms. The van der Waals surface area contributed by atoms with Crippen molar-refractivity contribution in [1.29, 1.82) is 0 Å². The quantitative estimate of drug-likeness (QED) is 0.610. The molecule has 0 bridgehead atoms. The smallest absolute Gasteiger partial charge is 0.370 e. The van der Waals surface area contributed by atoms with E-state index in [2.05, 4.69) is 10.3 Å². The zero-order chi connectivity index (χ0) is 20.7. The first-order chi connectivity index (χ1) is 13.2. The van der Waals surface area contributed by atoms with Crippen molar-refractivity contribution in [3.63, 3.8) is 0 Å². The highest BCUT2D eigenvalue weighted by molar-refractivity contribution is 5.81. The van der Waals surface area contributed by atoms with Gasteiger partial charge in [0.05, 0.1) is 25.3 Å². The van der Waals surface area contributed by atoms with Crippen molar-refractivity contribution in [2.45, 2.75) is 25.6 Å². The van der Waals surface area contributed by atoms with Crippen LogP contribution in [0.3, 0.4) is 0 Å². The van der Waals surface area contributed by atoms with E-state index in [1.807, 2.05) is 11.8 Å². The molecule has 1 atom stereocenters. The zero-order valence-corrected chi connectivity index (χ0v) is 16.4. The Labute approximate surface area is 163 Å². The molecule has 0 saturated carbocycles.